The molecule has 0 aliphatic rings. The molecule has 0 unspecified atom stereocenters. The molecule has 0 amide bonds. The lowest BCUT2D eigenvalue weighted by Crippen LogP contribution is -2.06. The van der Waals surface area contributed by atoms with Gasteiger partial charge in [0.25, 0.3) is 0 Å². The van der Waals surface area contributed by atoms with Crippen molar-refractivity contribution in [3.8, 4) is 5.69 Å². The summed E-state index contributed by atoms with van der Waals surface area (Å²) in [7, 11) is 0. The molecular weight excluding hydrogens is 303 g/mol. The topological polar surface area (TPSA) is 30.7 Å². The van der Waals surface area contributed by atoms with E-state index in [9.17, 15) is 13.2 Å². The summed E-state index contributed by atoms with van der Waals surface area (Å²) in [5, 5.41) is 0. The third-order valence-electron chi connectivity index (χ3n) is 3.06. The van der Waals surface area contributed by atoms with E-state index >= 15 is 0 Å². The number of halogens is 4. The fourth-order valence-electron chi connectivity index (χ4n) is 2.21. The number of nitrogens with zero attached hydrogens (tertiary/aromatic N) is 3. The van der Waals surface area contributed by atoms with Gasteiger partial charge in [0.15, 0.2) is 11.6 Å². The normalized spacial score (nSPS) is 11.2. The van der Waals surface area contributed by atoms with E-state index < -0.39 is 17.5 Å². The Kier molecular flexibility index (Phi) is 3.55. The van der Waals surface area contributed by atoms with Gasteiger partial charge in [0.2, 0.25) is 0 Å². The molecule has 21 heavy (non-hydrogen) atoms. The third kappa shape index (κ3) is 2.35. The second-order valence-electron chi connectivity index (χ2n) is 4.39. The summed E-state index contributed by atoms with van der Waals surface area (Å²) in [5.41, 5.74) is 0.775. The summed E-state index contributed by atoms with van der Waals surface area (Å²) in [6.45, 7) is 0. The first-order valence-corrected chi connectivity index (χ1v) is 6.67. The molecule has 0 N–H and O–H groups in total. The van der Waals surface area contributed by atoms with Crippen molar-refractivity contribution in [2.24, 2.45) is 0 Å². The summed E-state index contributed by atoms with van der Waals surface area (Å²) >= 11 is 5.71. The molecule has 2 aromatic heterocycles. The highest BCUT2D eigenvalue weighted by molar-refractivity contribution is 6.17. The van der Waals surface area contributed by atoms with E-state index in [0.717, 1.165) is 6.07 Å². The third-order valence-corrected chi connectivity index (χ3v) is 3.25. The predicted molar refractivity (Wildman–Crippen MR) is 73.2 cm³/mol. The summed E-state index contributed by atoms with van der Waals surface area (Å²) in [5.74, 6) is -2.59. The molecule has 0 aliphatic heterocycles. The van der Waals surface area contributed by atoms with E-state index in [0.29, 0.717) is 29.3 Å². The van der Waals surface area contributed by atoms with Crippen LogP contribution in [0.15, 0.2) is 30.6 Å². The monoisotopic (exact) mass is 311 g/mol. The van der Waals surface area contributed by atoms with Crippen molar-refractivity contribution in [3.05, 3.63) is 53.9 Å². The number of hydrogen-bond acceptors (Lipinski definition) is 2. The summed E-state index contributed by atoms with van der Waals surface area (Å²) in [6.07, 6.45) is 3.32. The fourth-order valence-corrected chi connectivity index (χ4v) is 2.38. The van der Waals surface area contributed by atoms with Crippen molar-refractivity contribution >= 4 is 22.6 Å². The molecule has 2 heterocycles. The summed E-state index contributed by atoms with van der Waals surface area (Å²) in [4.78, 5) is 8.21. The molecule has 0 aliphatic carbocycles. The van der Waals surface area contributed by atoms with Crippen LogP contribution in [0.1, 0.15) is 5.82 Å². The Labute approximate surface area is 123 Å². The van der Waals surface area contributed by atoms with Crippen LogP contribution in [0.5, 0.6) is 0 Å². The Morgan fingerprint density at radius 1 is 1.19 bits per heavy atom. The second-order valence-corrected chi connectivity index (χ2v) is 4.77. The van der Waals surface area contributed by atoms with Crippen molar-refractivity contribution in [2.45, 2.75) is 6.42 Å². The number of hydrogen-bond donors (Lipinski definition) is 0. The van der Waals surface area contributed by atoms with Crippen LogP contribution in [-0.4, -0.2) is 20.4 Å². The molecule has 3 nitrogen and oxygen atoms in total. The Balaban J connectivity index is 2.35. The largest absolute Gasteiger partial charge is 0.293 e. The quantitative estimate of drug-likeness (QED) is 0.546. The zero-order valence-electron chi connectivity index (χ0n) is 10.7. The Morgan fingerprint density at radius 3 is 2.76 bits per heavy atom. The zero-order valence-corrected chi connectivity index (χ0v) is 11.4. The maximum absolute atomic E-state index is 14.1. The number of benzene rings is 1. The smallest absolute Gasteiger partial charge is 0.183 e. The van der Waals surface area contributed by atoms with Crippen molar-refractivity contribution in [3.63, 3.8) is 0 Å². The Morgan fingerprint density at radius 2 is 2.00 bits per heavy atom. The van der Waals surface area contributed by atoms with Crippen LogP contribution >= 0.6 is 11.6 Å². The molecule has 0 fully saturated rings. The van der Waals surface area contributed by atoms with E-state index in [1.165, 1.54) is 17.0 Å². The predicted octanol–water partition coefficient (Wildman–Crippen LogP) is 3.62. The van der Waals surface area contributed by atoms with Gasteiger partial charge in [0.1, 0.15) is 17.2 Å². The molecule has 7 heteroatoms. The molecule has 0 bridgehead atoms. The molecule has 1 aromatic carbocycles. The van der Waals surface area contributed by atoms with E-state index in [1.54, 1.807) is 6.07 Å². The lowest BCUT2D eigenvalue weighted by atomic mass is 10.2. The first-order chi connectivity index (χ1) is 10.1. The van der Waals surface area contributed by atoms with Gasteiger partial charge in [0, 0.05) is 30.6 Å². The molecular formula is C14H9ClF3N3. The number of pyridine rings is 1. The lowest BCUT2D eigenvalue weighted by Gasteiger charge is -2.10. The van der Waals surface area contributed by atoms with E-state index in [1.807, 2.05) is 0 Å². The highest BCUT2D eigenvalue weighted by Gasteiger charge is 2.18. The number of aromatic nitrogens is 3. The molecule has 0 saturated carbocycles. The highest BCUT2D eigenvalue weighted by Crippen LogP contribution is 2.25. The number of rotatable bonds is 3. The van der Waals surface area contributed by atoms with Crippen LogP contribution < -0.4 is 0 Å². The zero-order chi connectivity index (χ0) is 15.0. The van der Waals surface area contributed by atoms with Gasteiger partial charge in [-0.3, -0.25) is 9.55 Å². The molecule has 0 spiro atoms. The molecule has 0 saturated heterocycles. The van der Waals surface area contributed by atoms with Crippen LogP contribution in [0.4, 0.5) is 13.2 Å². The minimum absolute atomic E-state index is 0.235. The second kappa shape index (κ2) is 5.37. The Hall–Kier alpha value is -2.08. The van der Waals surface area contributed by atoms with Gasteiger partial charge in [0.05, 0.1) is 17.4 Å². The summed E-state index contributed by atoms with van der Waals surface area (Å²) < 4.78 is 42.3. The van der Waals surface area contributed by atoms with Gasteiger partial charge in [-0.15, -0.1) is 11.6 Å². The van der Waals surface area contributed by atoms with Crippen molar-refractivity contribution < 1.29 is 13.2 Å². The Bertz CT molecular complexity index is 817. The molecule has 3 rings (SSSR count). The SMILES string of the molecule is Fc1cc(F)c(F)c(-n2c(CCCl)nc3cnccc32)c1. The van der Waals surface area contributed by atoms with E-state index in [2.05, 4.69) is 9.97 Å². The van der Waals surface area contributed by atoms with Crippen molar-refractivity contribution in [2.75, 3.05) is 5.88 Å². The van der Waals surface area contributed by atoms with Gasteiger partial charge in [-0.05, 0) is 6.07 Å². The van der Waals surface area contributed by atoms with Gasteiger partial charge in [-0.2, -0.15) is 0 Å². The van der Waals surface area contributed by atoms with Crippen LogP contribution in [0, 0.1) is 17.5 Å². The number of fused-ring (bicyclic) bond motifs is 1. The maximum atomic E-state index is 14.1. The highest BCUT2D eigenvalue weighted by atomic mass is 35.5. The number of imidazole rings is 1. The lowest BCUT2D eigenvalue weighted by molar-refractivity contribution is 0.490. The minimum Gasteiger partial charge on any atom is -0.293 e. The van der Waals surface area contributed by atoms with E-state index in [4.69, 9.17) is 11.6 Å². The summed E-state index contributed by atoms with van der Waals surface area (Å²) in [6, 6.07) is 3.03. The maximum Gasteiger partial charge on any atom is 0.183 e. The molecule has 108 valence electrons. The van der Waals surface area contributed by atoms with Crippen LogP contribution in [0.25, 0.3) is 16.7 Å². The first-order valence-electron chi connectivity index (χ1n) is 6.14. The van der Waals surface area contributed by atoms with Crippen LogP contribution in [-0.2, 0) is 6.42 Å². The molecule has 0 atom stereocenters. The number of aryl methyl sites for hydroxylation is 1. The standard InChI is InChI=1S/C14H9ClF3N3/c15-3-1-13-20-10-7-19-4-2-11(10)21(13)12-6-8(16)5-9(17)14(12)18/h2,4-7H,1,3H2. The van der Waals surface area contributed by atoms with Crippen LogP contribution in [0.3, 0.4) is 0 Å². The van der Waals surface area contributed by atoms with Gasteiger partial charge in [-0.25, -0.2) is 18.2 Å². The first kappa shape index (κ1) is 13.9. The van der Waals surface area contributed by atoms with Crippen LogP contribution in [0.2, 0.25) is 0 Å². The fraction of sp³-hybridized carbons (Fsp3) is 0.143. The van der Waals surface area contributed by atoms with Crippen molar-refractivity contribution in [1.82, 2.24) is 14.5 Å². The molecule has 0 radical (unpaired) electrons. The average Bonchev–Trinajstić information content (AvgIpc) is 2.81. The van der Waals surface area contributed by atoms with E-state index in [-0.39, 0.29) is 11.6 Å². The van der Waals surface area contributed by atoms with Gasteiger partial charge >= 0.3 is 0 Å². The number of alkyl halides is 1. The van der Waals surface area contributed by atoms with Crippen molar-refractivity contribution in [1.29, 1.82) is 0 Å². The van der Waals surface area contributed by atoms with Gasteiger partial charge in [-0.1, -0.05) is 0 Å². The molecule has 3 aromatic rings. The minimum atomic E-state index is -1.25. The van der Waals surface area contributed by atoms with Gasteiger partial charge < -0.3 is 0 Å². The average molecular weight is 312 g/mol.